The Labute approximate surface area is 145 Å². The molecular formula is C16H9ClF3NO3S. The summed E-state index contributed by atoms with van der Waals surface area (Å²) in [6.07, 6.45) is 1.35. The molecule has 0 aliphatic rings. The van der Waals surface area contributed by atoms with Gasteiger partial charge in [-0.05, 0) is 42.0 Å². The van der Waals surface area contributed by atoms with Gasteiger partial charge >= 0.3 is 0 Å². The van der Waals surface area contributed by atoms with Crippen LogP contribution in [0.4, 0.5) is 13.2 Å². The summed E-state index contributed by atoms with van der Waals surface area (Å²) in [4.78, 5) is 3.93. The van der Waals surface area contributed by atoms with Crippen molar-refractivity contribution in [3.63, 3.8) is 0 Å². The largest absolute Gasteiger partial charge is 0.440 e. The van der Waals surface area contributed by atoms with E-state index in [0.717, 1.165) is 12.1 Å². The zero-order valence-electron chi connectivity index (χ0n) is 12.3. The van der Waals surface area contributed by atoms with Crippen LogP contribution in [0.25, 0.3) is 11.3 Å². The average Bonchev–Trinajstić information content (AvgIpc) is 3.00. The summed E-state index contributed by atoms with van der Waals surface area (Å²) in [6, 6.07) is 7.31. The Morgan fingerprint density at radius 2 is 1.64 bits per heavy atom. The van der Waals surface area contributed by atoms with Gasteiger partial charge < -0.3 is 4.42 Å². The highest BCUT2D eigenvalue weighted by Crippen LogP contribution is 2.25. The minimum absolute atomic E-state index is 0.0394. The second-order valence-electron chi connectivity index (χ2n) is 5.13. The fraction of sp³-hybridized carbons (Fsp3) is 0.0625. The van der Waals surface area contributed by atoms with E-state index in [1.165, 1.54) is 30.5 Å². The molecule has 0 bridgehead atoms. The summed E-state index contributed by atoms with van der Waals surface area (Å²) < 4.78 is 67.3. The minimum Gasteiger partial charge on any atom is -0.440 e. The molecule has 0 aliphatic carbocycles. The summed E-state index contributed by atoms with van der Waals surface area (Å²) >= 11 is 0. The number of nitrogens with zero attached hydrogens (tertiary/aromatic N) is 1. The van der Waals surface area contributed by atoms with Gasteiger partial charge in [-0.1, -0.05) is 0 Å². The predicted molar refractivity (Wildman–Crippen MR) is 84.1 cm³/mol. The van der Waals surface area contributed by atoms with Crippen LogP contribution >= 0.6 is 10.7 Å². The average molecular weight is 388 g/mol. The van der Waals surface area contributed by atoms with Crippen molar-refractivity contribution in [2.75, 3.05) is 0 Å². The molecule has 0 saturated heterocycles. The first-order valence-corrected chi connectivity index (χ1v) is 9.18. The van der Waals surface area contributed by atoms with Gasteiger partial charge in [0.25, 0.3) is 9.05 Å². The summed E-state index contributed by atoms with van der Waals surface area (Å²) in [6.45, 7) is 0. The third-order valence-corrected chi connectivity index (χ3v) is 4.74. The fourth-order valence-electron chi connectivity index (χ4n) is 2.19. The van der Waals surface area contributed by atoms with E-state index in [1.54, 1.807) is 0 Å². The number of aromatic nitrogens is 1. The summed E-state index contributed by atoms with van der Waals surface area (Å²) in [5, 5.41) is 0. The number of rotatable bonds is 4. The Morgan fingerprint density at radius 1 is 1.04 bits per heavy atom. The molecule has 0 spiro atoms. The molecule has 9 heteroatoms. The monoisotopic (exact) mass is 387 g/mol. The van der Waals surface area contributed by atoms with Crippen LogP contribution in [0.15, 0.2) is 51.9 Å². The zero-order chi connectivity index (χ0) is 18.2. The van der Waals surface area contributed by atoms with Crippen molar-refractivity contribution < 1.29 is 26.0 Å². The lowest BCUT2D eigenvalue weighted by atomic mass is 10.1. The molecule has 1 aromatic heterocycles. The molecular weight excluding hydrogens is 379 g/mol. The molecule has 0 fully saturated rings. The molecule has 0 atom stereocenters. The molecule has 0 saturated carbocycles. The molecule has 0 N–H and O–H groups in total. The van der Waals surface area contributed by atoms with E-state index in [4.69, 9.17) is 15.1 Å². The van der Waals surface area contributed by atoms with Crippen LogP contribution in [0, 0.1) is 17.5 Å². The molecule has 4 nitrogen and oxygen atoms in total. The van der Waals surface area contributed by atoms with Crippen LogP contribution in [0.1, 0.15) is 11.5 Å². The van der Waals surface area contributed by atoms with E-state index in [0.29, 0.717) is 11.3 Å². The lowest BCUT2D eigenvalue weighted by Gasteiger charge is -2.01. The standard InChI is InChI=1S/C16H9ClF3NO3S/c17-25(22,23)11-3-1-10(2-4-11)14-8-21-15(24-14)7-9-5-12(18)16(20)13(19)6-9/h1-6,8H,7H2. The predicted octanol–water partition coefficient (Wildman–Crippen LogP) is 4.28. The van der Waals surface area contributed by atoms with Gasteiger partial charge in [0.15, 0.2) is 29.1 Å². The molecule has 3 aromatic rings. The van der Waals surface area contributed by atoms with Gasteiger partial charge in [-0.25, -0.2) is 26.6 Å². The van der Waals surface area contributed by atoms with E-state index < -0.39 is 26.5 Å². The van der Waals surface area contributed by atoms with Gasteiger partial charge in [0.2, 0.25) is 0 Å². The molecule has 2 aromatic carbocycles. The lowest BCUT2D eigenvalue weighted by Crippen LogP contribution is -1.96. The van der Waals surface area contributed by atoms with Crippen molar-refractivity contribution in [1.29, 1.82) is 0 Å². The number of oxazole rings is 1. The summed E-state index contributed by atoms with van der Waals surface area (Å²) in [5.41, 5.74) is 0.702. The second kappa shape index (κ2) is 6.53. The van der Waals surface area contributed by atoms with Gasteiger partial charge in [0, 0.05) is 22.7 Å². The van der Waals surface area contributed by atoms with Crippen LogP contribution < -0.4 is 0 Å². The first-order chi connectivity index (χ1) is 11.7. The Morgan fingerprint density at radius 3 is 2.20 bits per heavy atom. The highest BCUT2D eigenvalue weighted by molar-refractivity contribution is 8.13. The van der Waals surface area contributed by atoms with Crippen LogP contribution in [0.5, 0.6) is 0 Å². The van der Waals surface area contributed by atoms with Crippen LogP contribution in [0.2, 0.25) is 0 Å². The number of hydrogen-bond acceptors (Lipinski definition) is 4. The molecule has 0 unspecified atom stereocenters. The van der Waals surface area contributed by atoms with Gasteiger partial charge in [-0.2, -0.15) is 0 Å². The van der Waals surface area contributed by atoms with E-state index in [1.807, 2.05) is 0 Å². The van der Waals surface area contributed by atoms with Crippen molar-refractivity contribution in [2.24, 2.45) is 0 Å². The SMILES string of the molecule is O=S(=O)(Cl)c1ccc(-c2cnc(Cc3cc(F)c(F)c(F)c3)o2)cc1. The van der Waals surface area contributed by atoms with Crippen LogP contribution in [-0.2, 0) is 15.5 Å². The molecule has 1 heterocycles. The van der Waals surface area contributed by atoms with Gasteiger partial charge in [-0.15, -0.1) is 0 Å². The third kappa shape index (κ3) is 3.85. The first kappa shape index (κ1) is 17.5. The Kier molecular flexibility index (Phi) is 4.57. The summed E-state index contributed by atoms with van der Waals surface area (Å²) in [7, 11) is 1.41. The quantitative estimate of drug-likeness (QED) is 0.495. The van der Waals surface area contributed by atoms with E-state index >= 15 is 0 Å². The van der Waals surface area contributed by atoms with Gasteiger partial charge in [-0.3, -0.25) is 0 Å². The Bertz CT molecular complexity index is 1010. The van der Waals surface area contributed by atoms with E-state index in [-0.39, 0.29) is 22.8 Å². The molecule has 0 amide bonds. The third-order valence-electron chi connectivity index (χ3n) is 3.37. The van der Waals surface area contributed by atoms with Crippen molar-refractivity contribution in [1.82, 2.24) is 4.98 Å². The topological polar surface area (TPSA) is 60.2 Å². The van der Waals surface area contributed by atoms with Crippen molar-refractivity contribution in [3.8, 4) is 11.3 Å². The fourth-order valence-corrected chi connectivity index (χ4v) is 2.96. The maximum absolute atomic E-state index is 13.2. The second-order valence-corrected chi connectivity index (χ2v) is 7.70. The lowest BCUT2D eigenvalue weighted by molar-refractivity contribution is 0.444. The van der Waals surface area contributed by atoms with Crippen molar-refractivity contribution in [2.45, 2.75) is 11.3 Å². The minimum atomic E-state index is -3.82. The van der Waals surface area contributed by atoms with Crippen LogP contribution in [0.3, 0.4) is 0 Å². The maximum Gasteiger partial charge on any atom is 0.261 e. The number of benzene rings is 2. The van der Waals surface area contributed by atoms with Gasteiger partial charge in [0.05, 0.1) is 11.1 Å². The van der Waals surface area contributed by atoms with Crippen LogP contribution in [-0.4, -0.2) is 13.4 Å². The highest BCUT2D eigenvalue weighted by atomic mass is 35.7. The molecule has 25 heavy (non-hydrogen) atoms. The number of hydrogen-bond donors (Lipinski definition) is 0. The smallest absolute Gasteiger partial charge is 0.261 e. The molecule has 3 rings (SSSR count). The Balaban J connectivity index is 1.83. The van der Waals surface area contributed by atoms with Crippen molar-refractivity contribution >= 4 is 19.7 Å². The first-order valence-electron chi connectivity index (χ1n) is 6.87. The maximum atomic E-state index is 13.2. The van der Waals surface area contributed by atoms with E-state index in [2.05, 4.69) is 4.98 Å². The normalized spacial score (nSPS) is 11.7. The summed E-state index contributed by atoms with van der Waals surface area (Å²) in [5.74, 6) is -3.63. The van der Waals surface area contributed by atoms with Gasteiger partial charge in [0.1, 0.15) is 0 Å². The van der Waals surface area contributed by atoms with Crippen molar-refractivity contribution in [3.05, 3.63) is 71.5 Å². The molecule has 130 valence electrons. The molecule has 0 radical (unpaired) electrons. The Hall–Kier alpha value is -2.32. The number of halogens is 4. The highest BCUT2D eigenvalue weighted by Gasteiger charge is 2.14. The zero-order valence-corrected chi connectivity index (χ0v) is 13.9. The van der Waals surface area contributed by atoms with E-state index in [9.17, 15) is 21.6 Å². The molecule has 0 aliphatic heterocycles.